The summed E-state index contributed by atoms with van der Waals surface area (Å²) in [6, 6.07) is 8.51. The fraction of sp³-hybridized carbons (Fsp3) is 0.632. The van der Waals surface area contributed by atoms with Gasteiger partial charge in [-0.2, -0.15) is 0 Å². The van der Waals surface area contributed by atoms with E-state index >= 15 is 0 Å². The lowest BCUT2D eigenvalue weighted by Gasteiger charge is -2.34. The Morgan fingerprint density at radius 2 is 1.96 bits per heavy atom. The van der Waals surface area contributed by atoms with E-state index in [0.717, 1.165) is 51.3 Å². The topological polar surface area (TPSA) is 56.8 Å². The van der Waals surface area contributed by atoms with Gasteiger partial charge in [0.15, 0.2) is 0 Å². The van der Waals surface area contributed by atoms with Gasteiger partial charge in [-0.05, 0) is 44.2 Å². The molecule has 0 aromatic heterocycles. The molecule has 1 amide bonds. The average Bonchev–Trinajstić information content (AvgIpc) is 3.15. The van der Waals surface area contributed by atoms with E-state index in [1.54, 1.807) is 0 Å². The molecule has 0 aliphatic carbocycles. The summed E-state index contributed by atoms with van der Waals surface area (Å²) in [6.45, 7) is 6.49. The van der Waals surface area contributed by atoms with Crippen LogP contribution in [0.25, 0.3) is 0 Å². The molecule has 2 N–H and O–H groups in total. The number of likely N-dealkylation sites (N-methyl/N-ethyl adjacent to an activating group) is 1. The van der Waals surface area contributed by atoms with Crippen molar-refractivity contribution in [1.82, 2.24) is 10.2 Å². The highest BCUT2D eigenvalue weighted by atomic mass is 16.5. The first-order chi connectivity index (χ1) is 12.2. The Labute approximate surface area is 150 Å². The van der Waals surface area contributed by atoms with E-state index in [2.05, 4.69) is 51.7 Å². The van der Waals surface area contributed by atoms with Gasteiger partial charge in [-0.3, -0.25) is 4.79 Å². The van der Waals surface area contributed by atoms with E-state index in [1.807, 2.05) is 0 Å². The minimum atomic E-state index is 0.0806. The van der Waals surface area contributed by atoms with E-state index in [9.17, 15) is 4.79 Å². The zero-order valence-corrected chi connectivity index (χ0v) is 15.2. The van der Waals surface area contributed by atoms with Crippen molar-refractivity contribution in [2.45, 2.75) is 25.4 Å². The van der Waals surface area contributed by atoms with Crippen LogP contribution in [0.4, 0.5) is 11.4 Å². The first-order valence-electron chi connectivity index (χ1n) is 9.36. The van der Waals surface area contributed by atoms with Crippen LogP contribution >= 0.6 is 0 Å². The second kappa shape index (κ2) is 9.06. The Morgan fingerprint density at radius 3 is 2.64 bits per heavy atom. The number of nitrogens with one attached hydrogen (secondary N) is 2. The minimum absolute atomic E-state index is 0.0806. The van der Waals surface area contributed by atoms with Crippen LogP contribution in [0.5, 0.6) is 0 Å². The van der Waals surface area contributed by atoms with E-state index in [-0.39, 0.29) is 12.0 Å². The van der Waals surface area contributed by atoms with Crippen molar-refractivity contribution in [3.8, 4) is 0 Å². The SMILES string of the molecule is CN1CCN(c2ccc(NCCC(=O)NCC3CCCO3)cc2)CC1. The molecule has 1 aromatic rings. The second-order valence-electron chi connectivity index (χ2n) is 6.95. The number of carbonyl (C=O) groups excluding carboxylic acids is 1. The lowest BCUT2D eigenvalue weighted by molar-refractivity contribution is -0.121. The van der Waals surface area contributed by atoms with Gasteiger partial charge in [0.05, 0.1) is 6.10 Å². The summed E-state index contributed by atoms with van der Waals surface area (Å²) >= 11 is 0. The zero-order chi connectivity index (χ0) is 17.5. The summed E-state index contributed by atoms with van der Waals surface area (Å²) in [5, 5.41) is 6.27. The summed E-state index contributed by atoms with van der Waals surface area (Å²) in [5.41, 5.74) is 2.33. The van der Waals surface area contributed by atoms with Gasteiger partial charge in [0, 0.05) is 63.7 Å². The molecule has 1 aromatic carbocycles. The molecule has 3 rings (SSSR count). The maximum Gasteiger partial charge on any atom is 0.221 e. The van der Waals surface area contributed by atoms with Crippen molar-refractivity contribution in [1.29, 1.82) is 0 Å². The fourth-order valence-corrected chi connectivity index (χ4v) is 3.30. The lowest BCUT2D eigenvalue weighted by atomic mass is 10.2. The summed E-state index contributed by atoms with van der Waals surface area (Å²) in [6.07, 6.45) is 2.84. The normalized spacial score (nSPS) is 21.3. The van der Waals surface area contributed by atoms with E-state index in [0.29, 0.717) is 19.5 Å². The van der Waals surface area contributed by atoms with Crippen LogP contribution < -0.4 is 15.5 Å². The quantitative estimate of drug-likeness (QED) is 0.784. The molecule has 2 fully saturated rings. The van der Waals surface area contributed by atoms with Gasteiger partial charge in [0.25, 0.3) is 0 Å². The lowest BCUT2D eigenvalue weighted by Crippen LogP contribution is -2.44. The Balaban J connectivity index is 1.34. The molecule has 138 valence electrons. The molecule has 0 bridgehead atoms. The van der Waals surface area contributed by atoms with Crippen LogP contribution in [0, 0.1) is 0 Å². The van der Waals surface area contributed by atoms with E-state index in [1.165, 1.54) is 5.69 Å². The molecule has 0 spiro atoms. The van der Waals surface area contributed by atoms with Crippen LogP contribution in [0.1, 0.15) is 19.3 Å². The highest BCUT2D eigenvalue weighted by Crippen LogP contribution is 2.19. The number of amides is 1. The third-order valence-corrected chi connectivity index (χ3v) is 4.97. The van der Waals surface area contributed by atoms with Crippen LogP contribution in [0.2, 0.25) is 0 Å². The maximum atomic E-state index is 11.9. The van der Waals surface area contributed by atoms with Crippen molar-refractivity contribution in [3.05, 3.63) is 24.3 Å². The minimum Gasteiger partial charge on any atom is -0.385 e. The van der Waals surface area contributed by atoms with Crippen LogP contribution in [0.15, 0.2) is 24.3 Å². The molecular weight excluding hydrogens is 316 g/mol. The number of anilines is 2. The molecule has 2 aliphatic rings. The van der Waals surface area contributed by atoms with Gasteiger partial charge in [0.1, 0.15) is 0 Å². The second-order valence-corrected chi connectivity index (χ2v) is 6.95. The smallest absolute Gasteiger partial charge is 0.221 e. The van der Waals surface area contributed by atoms with Crippen LogP contribution in [0.3, 0.4) is 0 Å². The van der Waals surface area contributed by atoms with Gasteiger partial charge >= 0.3 is 0 Å². The predicted molar refractivity (Wildman–Crippen MR) is 101 cm³/mol. The largest absolute Gasteiger partial charge is 0.385 e. The number of piperazine rings is 1. The van der Waals surface area contributed by atoms with E-state index in [4.69, 9.17) is 4.74 Å². The third-order valence-electron chi connectivity index (χ3n) is 4.97. The van der Waals surface area contributed by atoms with Crippen LogP contribution in [-0.4, -0.2) is 69.8 Å². The molecule has 0 radical (unpaired) electrons. The molecule has 2 heterocycles. The molecular formula is C19H30N4O2. The molecule has 2 aliphatic heterocycles. The Hall–Kier alpha value is -1.79. The molecule has 1 unspecified atom stereocenters. The van der Waals surface area contributed by atoms with Gasteiger partial charge in [-0.25, -0.2) is 0 Å². The molecule has 25 heavy (non-hydrogen) atoms. The zero-order valence-electron chi connectivity index (χ0n) is 15.2. The number of rotatable bonds is 7. The van der Waals surface area contributed by atoms with Crippen molar-refractivity contribution in [2.24, 2.45) is 0 Å². The first-order valence-corrected chi connectivity index (χ1v) is 9.36. The maximum absolute atomic E-state index is 11.9. The summed E-state index contributed by atoms with van der Waals surface area (Å²) in [5.74, 6) is 0.0806. The standard InChI is InChI=1S/C19H30N4O2/c1-22-10-12-23(13-11-22)17-6-4-16(5-7-17)20-9-8-19(24)21-15-18-3-2-14-25-18/h4-7,18,20H,2-3,8-15H2,1H3,(H,21,24). The number of ether oxygens (including phenoxy) is 1. The average molecular weight is 346 g/mol. The molecule has 2 saturated heterocycles. The van der Waals surface area contributed by atoms with Crippen molar-refractivity contribution in [3.63, 3.8) is 0 Å². The number of benzene rings is 1. The predicted octanol–water partition coefficient (Wildman–Crippen LogP) is 1.54. The van der Waals surface area contributed by atoms with Crippen LogP contribution in [-0.2, 0) is 9.53 Å². The van der Waals surface area contributed by atoms with Crippen molar-refractivity contribution < 1.29 is 9.53 Å². The van der Waals surface area contributed by atoms with E-state index < -0.39 is 0 Å². The van der Waals surface area contributed by atoms with Gasteiger partial charge in [-0.1, -0.05) is 0 Å². The number of hydrogen-bond acceptors (Lipinski definition) is 5. The molecule has 6 nitrogen and oxygen atoms in total. The molecule has 6 heteroatoms. The Bertz CT molecular complexity index is 535. The summed E-state index contributed by atoms with van der Waals surface area (Å²) < 4.78 is 5.51. The van der Waals surface area contributed by atoms with Gasteiger partial charge in [-0.15, -0.1) is 0 Å². The summed E-state index contributed by atoms with van der Waals surface area (Å²) in [4.78, 5) is 16.6. The molecule has 0 saturated carbocycles. The van der Waals surface area contributed by atoms with Gasteiger partial charge in [0.2, 0.25) is 5.91 Å². The fourth-order valence-electron chi connectivity index (χ4n) is 3.30. The Kier molecular flexibility index (Phi) is 6.53. The number of carbonyl (C=O) groups is 1. The summed E-state index contributed by atoms with van der Waals surface area (Å²) in [7, 11) is 2.17. The third kappa shape index (κ3) is 5.61. The first kappa shape index (κ1) is 18.0. The van der Waals surface area contributed by atoms with Crippen molar-refractivity contribution in [2.75, 3.05) is 63.1 Å². The Morgan fingerprint density at radius 1 is 1.20 bits per heavy atom. The highest BCUT2D eigenvalue weighted by Gasteiger charge is 2.16. The number of nitrogens with zero attached hydrogens (tertiary/aromatic N) is 2. The highest BCUT2D eigenvalue weighted by molar-refractivity contribution is 5.76. The molecule has 1 atom stereocenters. The number of hydrogen-bond donors (Lipinski definition) is 2. The monoisotopic (exact) mass is 346 g/mol. The van der Waals surface area contributed by atoms with Crippen molar-refractivity contribution >= 4 is 17.3 Å². The van der Waals surface area contributed by atoms with Gasteiger partial charge < -0.3 is 25.2 Å².